The molecule has 1 amide bonds. The van der Waals surface area contributed by atoms with Crippen molar-refractivity contribution in [1.82, 2.24) is 10.2 Å². The maximum absolute atomic E-state index is 12.4. The number of carbonyl (C=O) groups is 1. The van der Waals surface area contributed by atoms with Crippen LogP contribution in [0.2, 0.25) is 0 Å². The molecule has 3 heteroatoms. The number of amides is 1. The molecule has 19 heavy (non-hydrogen) atoms. The molecule has 0 aromatic rings. The normalized spacial score (nSPS) is 30.6. The Morgan fingerprint density at radius 1 is 1.37 bits per heavy atom. The molecule has 0 aromatic carbocycles. The predicted molar refractivity (Wildman–Crippen MR) is 78.7 cm³/mol. The summed E-state index contributed by atoms with van der Waals surface area (Å²) in [6, 6.07) is 0.0486. The summed E-state index contributed by atoms with van der Waals surface area (Å²) >= 11 is 0. The monoisotopic (exact) mass is 266 g/mol. The number of rotatable bonds is 5. The van der Waals surface area contributed by atoms with E-state index in [2.05, 4.69) is 37.9 Å². The first kappa shape index (κ1) is 14.8. The van der Waals surface area contributed by atoms with Crippen molar-refractivity contribution in [2.45, 2.75) is 78.4 Å². The van der Waals surface area contributed by atoms with Gasteiger partial charge in [-0.1, -0.05) is 33.6 Å². The van der Waals surface area contributed by atoms with E-state index in [1.165, 1.54) is 32.1 Å². The second-order valence-corrected chi connectivity index (χ2v) is 7.07. The van der Waals surface area contributed by atoms with E-state index < -0.39 is 0 Å². The zero-order valence-electron chi connectivity index (χ0n) is 13.0. The quantitative estimate of drug-likeness (QED) is 0.829. The van der Waals surface area contributed by atoms with Crippen LogP contribution in [-0.2, 0) is 4.79 Å². The Morgan fingerprint density at radius 2 is 2.00 bits per heavy atom. The molecular formula is C16H30N2O. The van der Waals surface area contributed by atoms with Crippen LogP contribution in [0.3, 0.4) is 0 Å². The average molecular weight is 266 g/mol. The van der Waals surface area contributed by atoms with E-state index in [9.17, 15) is 4.79 Å². The van der Waals surface area contributed by atoms with Crippen LogP contribution in [0.1, 0.15) is 66.2 Å². The second kappa shape index (κ2) is 5.82. The van der Waals surface area contributed by atoms with E-state index in [0.717, 1.165) is 18.9 Å². The lowest BCUT2D eigenvalue weighted by Crippen LogP contribution is -2.43. The van der Waals surface area contributed by atoms with Gasteiger partial charge in [-0.2, -0.15) is 0 Å². The molecule has 2 atom stereocenters. The highest BCUT2D eigenvalue weighted by molar-refractivity contribution is 5.84. The van der Waals surface area contributed by atoms with Gasteiger partial charge in [-0.15, -0.1) is 0 Å². The highest BCUT2D eigenvalue weighted by Gasteiger charge is 2.42. The van der Waals surface area contributed by atoms with Crippen LogP contribution in [0.25, 0.3) is 0 Å². The molecule has 0 spiro atoms. The fourth-order valence-electron chi connectivity index (χ4n) is 4.13. The van der Waals surface area contributed by atoms with E-state index >= 15 is 0 Å². The van der Waals surface area contributed by atoms with E-state index in [4.69, 9.17) is 0 Å². The zero-order chi connectivity index (χ0) is 14.0. The fraction of sp³-hybridized carbons (Fsp3) is 0.938. The third-order valence-electron chi connectivity index (χ3n) is 4.91. The molecule has 1 saturated heterocycles. The van der Waals surface area contributed by atoms with Crippen molar-refractivity contribution >= 4 is 5.91 Å². The molecule has 110 valence electrons. The Morgan fingerprint density at radius 3 is 2.47 bits per heavy atom. The maximum Gasteiger partial charge on any atom is 0.241 e. The molecule has 1 aliphatic carbocycles. The molecule has 0 radical (unpaired) electrons. The Bertz CT molecular complexity index is 321. The summed E-state index contributed by atoms with van der Waals surface area (Å²) in [6.07, 6.45) is 7.66. The highest BCUT2D eigenvalue weighted by Crippen LogP contribution is 2.44. The Labute approximate surface area is 118 Å². The minimum absolute atomic E-state index is 0.0486. The first-order valence-electron chi connectivity index (χ1n) is 8.04. The van der Waals surface area contributed by atoms with Crippen LogP contribution in [0, 0.1) is 11.3 Å². The lowest BCUT2D eigenvalue weighted by Gasteiger charge is -2.36. The second-order valence-electron chi connectivity index (χ2n) is 7.07. The fourth-order valence-corrected chi connectivity index (χ4v) is 4.13. The van der Waals surface area contributed by atoms with Gasteiger partial charge in [0.15, 0.2) is 0 Å². The van der Waals surface area contributed by atoms with Crippen molar-refractivity contribution in [3.63, 3.8) is 0 Å². The molecule has 2 aliphatic rings. The molecule has 1 N–H and O–H groups in total. The van der Waals surface area contributed by atoms with Gasteiger partial charge in [-0.25, -0.2) is 0 Å². The molecule has 2 unspecified atom stereocenters. The van der Waals surface area contributed by atoms with Gasteiger partial charge in [0.25, 0.3) is 0 Å². The summed E-state index contributed by atoms with van der Waals surface area (Å²) < 4.78 is 0. The summed E-state index contributed by atoms with van der Waals surface area (Å²) in [4.78, 5) is 14.5. The third-order valence-corrected chi connectivity index (χ3v) is 4.91. The van der Waals surface area contributed by atoms with E-state index in [1.807, 2.05) is 0 Å². The van der Waals surface area contributed by atoms with Gasteiger partial charge in [0, 0.05) is 6.54 Å². The standard InChI is InChI=1S/C16H30N2O/c1-5-14-15(19)18(13(4)17-14)11-16(10-12(2)3)8-6-7-9-16/h12-14,17H,5-11H2,1-4H3. The Hall–Kier alpha value is -0.570. The summed E-state index contributed by atoms with van der Waals surface area (Å²) in [5, 5.41) is 3.42. The minimum Gasteiger partial charge on any atom is -0.326 e. The molecule has 2 rings (SSSR count). The summed E-state index contributed by atoms with van der Waals surface area (Å²) in [5.41, 5.74) is 0.391. The lowest BCUT2D eigenvalue weighted by molar-refractivity contribution is -0.131. The molecule has 1 saturated carbocycles. The van der Waals surface area contributed by atoms with Gasteiger partial charge in [-0.05, 0) is 43.9 Å². The Kier molecular flexibility index (Phi) is 4.54. The van der Waals surface area contributed by atoms with Crippen molar-refractivity contribution in [1.29, 1.82) is 0 Å². The molecule has 1 aliphatic heterocycles. The number of nitrogens with zero attached hydrogens (tertiary/aromatic N) is 1. The molecule has 2 fully saturated rings. The van der Waals surface area contributed by atoms with E-state index in [-0.39, 0.29) is 12.2 Å². The SMILES string of the molecule is CCC1NC(C)N(CC2(CC(C)C)CCCC2)C1=O. The van der Waals surface area contributed by atoms with Crippen molar-refractivity contribution in [2.75, 3.05) is 6.54 Å². The highest BCUT2D eigenvalue weighted by atomic mass is 16.2. The van der Waals surface area contributed by atoms with Gasteiger partial charge in [0.05, 0.1) is 12.2 Å². The Balaban J connectivity index is 2.07. The van der Waals surface area contributed by atoms with Crippen LogP contribution in [0.15, 0.2) is 0 Å². The van der Waals surface area contributed by atoms with Crippen LogP contribution in [0.5, 0.6) is 0 Å². The lowest BCUT2D eigenvalue weighted by atomic mass is 9.78. The zero-order valence-corrected chi connectivity index (χ0v) is 13.0. The molecule has 3 nitrogen and oxygen atoms in total. The summed E-state index contributed by atoms with van der Waals surface area (Å²) in [6.45, 7) is 9.80. The van der Waals surface area contributed by atoms with Crippen molar-refractivity contribution in [3.8, 4) is 0 Å². The predicted octanol–water partition coefficient (Wildman–Crippen LogP) is 3.15. The molecular weight excluding hydrogens is 236 g/mol. The first-order valence-corrected chi connectivity index (χ1v) is 8.04. The first-order chi connectivity index (χ1) is 8.97. The molecule has 0 aromatic heterocycles. The van der Waals surface area contributed by atoms with Crippen LogP contribution >= 0.6 is 0 Å². The number of hydrogen-bond acceptors (Lipinski definition) is 2. The number of hydrogen-bond donors (Lipinski definition) is 1. The van der Waals surface area contributed by atoms with Crippen LogP contribution in [-0.4, -0.2) is 29.6 Å². The third kappa shape index (κ3) is 3.13. The smallest absolute Gasteiger partial charge is 0.241 e. The summed E-state index contributed by atoms with van der Waals surface area (Å²) in [5.74, 6) is 1.05. The molecule has 0 bridgehead atoms. The average Bonchev–Trinajstić information content (AvgIpc) is 2.89. The number of nitrogens with one attached hydrogen (secondary N) is 1. The van der Waals surface area contributed by atoms with Gasteiger partial charge >= 0.3 is 0 Å². The van der Waals surface area contributed by atoms with Gasteiger partial charge in [0.2, 0.25) is 5.91 Å². The van der Waals surface area contributed by atoms with Crippen molar-refractivity contribution in [2.24, 2.45) is 11.3 Å². The number of carbonyl (C=O) groups excluding carboxylic acids is 1. The molecule has 1 heterocycles. The largest absolute Gasteiger partial charge is 0.326 e. The van der Waals surface area contributed by atoms with Crippen molar-refractivity contribution in [3.05, 3.63) is 0 Å². The van der Waals surface area contributed by atoms with Crippen LogP contribution < -0.4 is 5.32 Å². The van der Waals surface area contributed by atoms with Gasteiger partial charge in [0.1, 0.15) is 0 Å². The van der Waals surface area contributed by atoms with Crippen LogP contribution in [0.4, 0.5) is 0 Å². The topological polar surface area (TPSA) is 32.3 Å². The van der Waals surface area contributed by atoms with E-state index in [1.54, 1.807) is 0 Å². The van der Waals surface area contributed by atoms with E-state index in [0.29, 0.717) is 11.3 Å². The summed E-state index contributed by atoms with van der Waals surface area (Å²) in [7, 11) is 0. The minimum atomic E-state index is 0.0486. The van der Waals surface area contributed by atoms with Crippen molar-refractivity contribution < 1.29 is 4.79 Å². The van der Waals surface area contributed by atoms with Gasteiger partial charge < -0.3 is 4.90 Å². The van der Waals surface area contributed by atoms with Gasteiger partial charge in [-0.3, -0.25) is 10.1 Å². The maximum atomic E-state index is 12.4.